The van der Waals surface area contributed by atoms with Gasteiger partial charge in [0.15, 0.2) is 0 Å². The summed E-state index contributed by atoms with van der Waals surface area (Å²) in [5.41, 5.74) is 1.02. The molecule has 1 aromatic carbocycles. The number of carbonyl (C=O) groups is 1. The Labute approximate surface area is 115 Å². The fourth-order valence-electron chi connectivity index (χ4n) is 2.56. The predicted octanol–water partition coefficient (Wildman–Crippen LogP) is 2.70. The van der Waals surface area contributed by atoms with E-state index in [0.29, 0.717) is 6.61 Å². The van der Waals surface area contributed by atoms with Gasteiger partial charge < -0.3 is 4.74 Å². The summed E-state index contributed by atoms with van der Waals surface area (Å²) in [6.07, 6.45) is 2.13. The van der Waals surface area contributed by atoms with Crippen LogP contribution in [0.1, 0.15) is 25.3 Å². The molecule has 2 rings (SSSR count). The summed E-state index contributed by atoms with van der Waals surface area (Å²) in [5.74, 6) is 0. The number of benzene rings is 1. The second kappa shape index (κ2) is 6.57. The van der Waals surface area contributed by atoms with E-state index in [0.717, 1.165) is 31.5 Å². The van der Waals surface area contributed by atoms with Gasteiger partial charge in [-0.25, -0.2) is 4.79 Å². The van der Waals surface area contributed by atoms with Crippen LogP contribution in [0.4, 0.5) is 4.79 Å². The van der Waals surface area contributed by atoms with Crippen molar-refractivity contribution in [2.24, 2.45) is 0 Å². The monoisotopic (exact) mass is 262 g/mol. The summed E-state index contributed by atoms with van der Waals surface area (Å²) < 4.78 is 5.36. The third-order valence-corrected chi connectivity index (χ3v) is 3.68. The molecule has 1 fully saturated rings. The highest BCUT2D eigenvalue weighted by molar-refractivity contribution is 5.67. The Kier molecular flexibility index (Phi) is 4.80. The number of nitrogens with zero attached hydrogens (tertiary/aromatic N) is 2. The van der Waals surface area contributed by atoms with Gasteiger partial charge in [-0.3, -0.25) is 9.80 Å². The first-order valence-electron chi connectivity index (χ1n) is 6.90. The first-order valence-corrected chi connectivity index (χ1v) is 6.90. The van der Waals surface area contributed by atoms with Crippen molar-refractivity contribution < 1.29 is 9.53 Å². The molecule has 1 aromatic rings. The Morgan fingerprint density at radius 3 is 2.84 bits per heavy atom. The van der Waals surface area contributed by atoms with Gasteiger partial charge in [-0.2, -0.15) is 0 Å². The molecule has 0 saturated carbocycles. The second-order valence-electron chi connectivity index (χ2n) is 4.90. The van der Waals surface area contributed by atoms with Crippen LogP contribution in [-0.4, -0.2) is 42.2 Å². The van der Waals surface area contributed by atoms with Gasteiger partial charge in [0, 0.05) is 13.6 Å². The largest absolute Gasteiger partial charge is 0.445 e. The molecule has 104 valence electrons. The van der Waals surface area contributed by atoms with Crippen molar-refractivity contribution in [1.29, 1.82) is 0 Å². The minimum absolute atomic E-state index is 0.188. The summed E-state index contributed by atoms with van der Waals surface area (Å²) in [5, 5.41) is 0. The van der Waals surface area contributed by atoms with Crippen molar-refractivity contribution in [3.8, 4) is 0 Å². The molecule has 1 atom stereocenters. The first-order chi connectivity index (χ1) is 9.22. The van der Waals surface area contributed by atoms with Crippen molar-refractivity contribution in [2.75, 3.05) is 20.1 Å². The Morgan fingerprint density at radius 2 is 2.16 bits per heavy atom. The van der Waals surface area contributed by atoms with E-state index in [2.05, 4.69) is 11.8 Å². The number of amides is 1. The van der Waals surface area contributed by atoms with E-state index >= 15 is 0 Å². The van der Waals surface area contributed by atoms with Gasteiger partial charge in [0.25, 0.3) is 0 Å². The Morgan fingerprint density at radius 1 is 1.42 bits per heavy atom. The van der Waals surface area contributed by atoms with E-state index < -0.39 is 0 Å². The van der Waals surface area contributed by atoms with Gasteiger partial charge >= 0.3 is 6.09 Å². The summed E-state index contributed by atoms with van der Waals surface area (Å²) in [6, 6.07) is 9.77. The van der Waals surface area contributed by atoms with Gasteiger partial charge in [0.1, 0.15) is 6.61 Å². The summed E-state index contributed by atoms with van der Waals surface area (Å²) in [4.78, 5) is 16.1. The molecule has 0 unspecified atom stereocenters. The smallest absolute Gasteiger partial charge is 0.411 e. The lowest BCUT2D eigenvalue weighted by molar-refractivity contribution is 0.0567. The minimum Gasteiger partial charge on any atom is -0.445 e. The molecule has 1 saturated heterocycles. The number of rotatable bonds is 4. The fourth-order valence-corrected chi connectivity index (χ4v) is 2.56. The number of carbonyl (C=O) groups excluding carboxylic acids is 1. The Bertz CT molecular complexity index is 408. The molecule has 1 aliphatic rings. The maximum atomic E-state index is 12.0. The van der Waals surface area contributed by atoms with Crippen molar-refractivity contribution in [3.05, 3.63) is 35.9 Å². The van der Waals surface area contributed by atoms with E-state index in [1.54, 1.807) is 4.90 Å². The van der Waals surface area contributed by atoms with E-state index in [1.165, 1.54) is 0 Å². The lowest BCUT2D eigenvalue weighted by Crippen LogP contribution is -2.45. The molecule has 0 aliphatic carbocycles. The van der Waals surface area contributed by atoms with Crippen LogP contribution in [-0.2, 0) is 11.3 Å². The second-order valence-corrected chi connectivity index (χ2v) is 4.90. The fraction of sp³-hybridized carbons (Fsp3) is 0.533. The Hall–Kier alpha value is -1.55. The van der Waals surface area contributed by atoms with Crippen molar-refractivity contribution >= 4 is 6.09 Å². The van der Waals surface area contributed by atoms with E-state index in [4.69, 9.17) is 4.74 Å². The van der Waals surface area contributed by atoms with Crippen LogP contribution in [0, 0.1) is 0 Å². The average Bonchev–Trinajstić information content (AvgIpc) is 2.93. The van der Waals surface area contributed by atoms with Crippen LogP contribution in [0.3, 0.4) is 0 Å². The standard InChI is InChI=1S/C15H22N2O2/c1-3-17-11-7-10-14(17)16(2)15(18)19-12-13-8-5-4-6-9-13/h4-6,8-9,14H,3,7,10-12H2,1-2H3/t14-/m0/s1. The molecule has 0 bridgehead atoms. The van der Waals surface area contributed by atoms with Crippen molar-refractivity contribution in [2.45, 2.75) is 32.5 Å². The quantitative estimate of drug-likeness (QED) is 0.836. The van der Waals surface area contributed by atoms with Gasteiger partial charge in [0.05, 0.1) is 6.17 Å². The predicted molar refractivity (Wildman–Crippen MR) is 74.7 cm³/mol. The molecule has 0 radical (unpaired) electrons. The molecule has 1 heterocycles. The summed E-state index contributed by atoms with van der Waals surface area (Å²) in [7, 11) is 1.83. The highest BCUT2D eigenvalue weighted by Gasteiger charge is 2.30. The molecule has 4 nitrogen and oxygen atoms in total. The lowest BCUT2D eigenvalue weighted by atomic mass is 10.2. The van der Waals surface area contributed by atoms with Crippen LogP contribution < -0.4 is 0 Å². The molecular weight excluding hydrogens is 240 g/mol. The highest BCUT2D eigenvalue weighted by Crippen LogP contribution is 2.20. The zero-order valence-electron chi connectivity index (χ0n) is 11.7. The molecular formula is C15H22N2O2. The van der Waals surface area contributed by atoms with E-state index in [9.17, 15) is 4.79 Å². The van der Waals surface area contributed by atoms with Gasteiger partial charge in [0.2, 0.25) is 0 Å². The molecule has 19 heavy (non-hydrogen) atoms. The number of likely N-dealkylation sites (tertiary alicyclic amines) is 1. The lowest BCUT2D eigenvalue weighted by Gasteiger charge is -2.30. The maximum absolute atomic E-state index is 12.0. The van der Waals surface area contributed by atoms with Crippen molar-refractivity contribution in [1.82, 2.24) is 9.80 Å². The summed E-state index contributed by atoms with van der Waals surface area (Å²) >= 11 is 0. The minimum atomic E-state index is -0.241. The average molecular weight is 262 g/mol. The van der Waals surface area contributed by atoms with Crippen LogP contribution in [0.15, 0.2) is 30.3 Å². The van der Waals surface area contributed by atoms with Gasteiger partial charge in [-0.05, 0) is 24.9 Å². The molecule has 4 heteroatoms. The SMILES string of the molecule is CCN1CCC[C@H]1N(C)C(=O)OCc1ccccc1. The zero-order chi connectivity index (χ0) is 13.7. The first kappa shape index (κ1) is 13.9. The molecule has 1 aliphatic heterocycles. The van der Waals surface area contributed by atoms with Gasteiger partial charge in [-0.15, -0.1) is 0 Å². The number of hydrogen-bond acceptors (Lipinski definition) is 3. The molecule has 1 amide bonds. The highest BCUT2D eigenvalue weighted by atomic mass is 16.6. The van der Waals surface area contributed by atoms with Crippen LogP contribution in [0.5, 0.6) is 0 Å². The molecule has 0 N–H and O–H groups in total. The maximum Gasteiger partial charge on any atom is 0.411 e. The molecule has 0 spiro atoms. The number of ether oxygens (including phenoxy) is 1. The number of hydrogen-bond donors (Lipinski definition) is 0. The summed E-state index contributed by atoms with van der Waals surface area (Å²) in [6.45, 7) is 4.50. The van der Waals surface area contributed by atoms with Crippen LogP contribution in [0.25, 0.3) is 0 Å². The van der Waals surface area contributed by atoms with Crippen LogP contribution >= 0.6 is 0 Å². The van der Waals surface area contributed by atoms with Gasteiger partial charge in [-0.1, -0.05) is 37.3 Å². The normalized spacial score (nSPS) is 19.4. The third-order valence-electron chi connectivity index (χ3n) is 3.68. The third kappa shape index (κ3) is 3.47. The molecule has 0 aromatic heterocycles. The topological polar surface area (TPSA) is 32.8 Å². The van der Waals surface area contributed by atoms with E-state index in [1.807, 2.05) is 37.4 Å². The van der Waals surface area contributed by atoms with E-state index in [-0.39, 0.29) is 12.3 Å². The zero-order valence-corrected chi connectivity index (χ0v) is 11.7. The van der Waals surface area contributed by atoms with Crippen LogP contribution in [0.2, 0.25) is 0 Å². The van der Waals surface area contributed by atoms with Crippen molar-refractivity contribution in [3.63, 3.8) is 0 Å². The Balaban J connectivity index is 1.85.